The molecule has 240 valence electrons. The van der Waals surface area contributed by atoms with Crippen molar-refractivity contribution >= 4 is 158 Å². The van der Waals surface area contributed by atoms with Crippen LogP contribution >= 0.6 is 158 Å². The zero-order chi connectivity index (χ0) is 35.0. The molecule has 6 rings (SSSR count). The molecule has 0 aliphatic rings. The first kappa shape index (κ1) is 38.1. The van der Waals surface area contributed by atoms with Gasteiger partial charge in [-0.25, -0.2) is 0 Å². The Kier molecular flexibility index (Phi) is 12.9. The first-order valence-electron chi connectivity index (χ1n) is 14.8. The minimum absolute atomic E-state index is 0.715. The second-order valence-corrected chi connectivity index (χ2v) is 18.8. The maximum atomic E-state index is 9.44. The fourth-order valence-electron chi connectivity index (χ4n) is 5.71. The van der Waals surface area contributed by atoms with Crippen molar-refractivity contribution in [3.05, 3.63) is 150 Å². The van der Waals surface area contributed by atoms with Gasteiger partial charge >= 0.3 is 0 Å². The van der Waals surface area contributed by atoms with Crippen LogP contribution in [0.4, 0.5) is 0 Å². The zero-order valence-corrected chi connectivity index (χ0v) is 40.6. The number of nitriles is 2. The standard InChI is InChI=1S/C40H21I7N2/c1-21-28(12-10-26(19-48)34(21)41)31-16-14-29(36(43)39(31)46)24-6-2-22(3-7-24)18-23-4-8-25(9-5-23)30-15-17-33(40(47)37(30)44)32-13-11-27(20-49)35(42)38(32)45/h2-17H,18H2,1H3. The molecule has 0 amide bonds. The number of rotatable bonds is 6. The van der Waals surface area contributed by atoms with Crippen LogP contribution < -0.4 is 0 Å². The molecule has 6 aromatic rings. The lowest BCUT2D eigenvalue weighted by molar-refractivity contribution is 1.19. The highest BCUT2D eigenvalue weighted by atomic mass is 127. The van der Waals surface area contributed by atoms with Crippen molar-refractivity contribution in [2.75, 3.05) is 0 Å². The maximum absolute atomic E-state index is 9.44. The van der Waals surface area contributed by atoms with Crippen molar-refractivity contribution in [1.29, 1.82) is 10.5 Å². The van der Waals surface area contributed by atoms with Crippen LogP contribution in [0.2, 0.25) is 0 Å². The highest BCUT2D eigenvalue weighted by Gasteiger charge is 2.18. The van der Waals surface area contributed by atoms with Crippen molar-refractivity contribution in [2.24, 2.45) is 0 Å². The Morgan fingerprint density at radius 2 is 0.714 bits per heavy atom. The Bertz CT molecular complexity index is 2180. The van der Waals surface area contributed by atoms with Gasteiger partial charge in [0.05, 0.1) is 11.1 Å². The summed E-state index contributed by atoms with van der Waals surface area (Å²) in [4.78, 5) is 0. The fourth-order valence-corrected chi connectivity index (χ4v) is 10.7. The fraction of sp³-hybridized carbons (Fsp3) is 0.0500. The van der Waals surface area contributed by atoms with Gasteiger partial charge in [-0.2, -0.15) is 10.5 Å². The molecule has 0 spiro atoms. The number of nitrogens with zero attached hydrogens (tertiary/aromatic N) is 2. The monoisotopic (exact) mass is 1420 g/mol. The number of hydrogen-bond acceptors (Lipinski definition) is 2. The van der Waals surface area contributed by atoms with E-state index in [4.69, 9.17) is 0 Å². The van der Waals surface area contributed by atoms with Gasteiger partial charge in [0.1, 0.15) is 12.1 Å². The molecule has 0 unspecified atom stereocenters. The summed E-state index contributed by atoms with van der Waals surface area (Å²) < 4.78 is 8.04. The van der Waals surface area contributed by atoms with Crippen LogP contribution in [0, 0.1) is 54.6 Å². The Balaban J connectivity index is 1.19. The van der Waals surface area contributed by atoms with Crippen molar-refractivity contribution in [3.8, 4) is 56.6 Å². The third kappa shape index (κ3) is 7.88. The summed E-state index contributed by atoms with van der Waals surface area (Å²) in [6, 6.07) is 39.3. The Morgan fingerprint density at radius 3 is 1.16 bits per heavy atom. The van der Waals surface area contributed by atoms with Crippen molar-refractivity contribution in [2.45, 2.75) is 13.3 Å². The second-order valence-electron chi connectivity index (χ2n) is 11.3. The van der Waals surface area contributed by atoms with Gasteiger partial charge in [-0.05, 0) is 245 Å². The molecule has 49 heavy (non-hydrogen) atoms. The van der Waals surface area contributed by atoms with Gasteiger partial charge in [0.25, 0.3) is 0 Å². The third-order valence-corrected chi connectivity index (χ3v) is 19.6. The lowest BCUT2D eigenvalue weighted by atomic mass is 9.95. The molecule has 0 atom stereocenters. The first-order valence-corrected chi connectivity index (χ1v) is 22.3. The molecular weight excluding hydrogens is 1400 g/mol. The van der Waals surface area contributed by atoms with Crippen molar-refractivity contribution in [1.82, 2.24) is 0 Å². The molecule has 0 N–H and O–H groups in total. The molecule has 0 aliphatic carbocycles. The minimum atomic E-state index is 0.715. The molecule has 6 aromatic carbocycles. The molecule has 0 aromatic heterocycles. The average Bonchev–Trinajstić information content (AvgIpc) is 3.11. The molecular formula is C40H21I7N2. The van der Waals surface area contributed by atoms with E-state index in [0.29, 0.717) is 5.56 Å². The minimum Gasteiger partial charge on any atom is -0.192 e. The molecule has 0 heterocycles. The van der Waals surface area contributed by atoms with Gasteiger partial charge in [-0.3, -0.25) is 0 Å². The van der Waals surface area contributed by atoms with Crippen LogP contribution in [0.5, 0.6) is 0 Å². The van der Waals surface area contributed by atoms with E-state index in [1.165, 1.54) is 64.4 Å². The van der Waals surface area contributed by atoms with E-state index in [0.717, 1.165) is 33.8 Å². The molecule has 0 fully saturated rings. The van der Waals surface area contributed by atoms with Crippen LogP contribution in [0.25, 0.3) is 44.5 Å². The number of hydrogen-bond donors (Lipinski definition) is 0. The summed E-state index contributed by atoms with van der Waals surface area (Å²) in [5.41, 5.74) is 14.7. The summed E-state index contributed by atoms with van der Waals surface area (Å²) in [5.74, 6) is 0. The first-order chi connectivity index (χ1) is 23.5. The molecule has 0 aliphatic heterocycles. The molecule has 9 heteroatoms. The van der Waals surface area contributed by atoms with E-state index < -0.39 is 0 Å². The van der Waals surface area contributed by atoms with Crippen molar-refractivity contribution < 1.29 is 0 Å². The van der Waals surface area contributed by atoms with Gasteiger partial charge < -0.3 is 0 Å². The zero-order valence-electron chi connectivity index (χ0n) is 25.5. The number of benzene rings is 6. The quantitative estimate of drug-likeness (QED) is 0.156. The molecule has 0 radical (unpaired) electrons. The van der Waals surface area contributed by atoms with Gasteiger partial charge in [-0.15, -0.1) is 0 Å². The highest BCUT2D eigenvalue weighted by Crippen LogP contribution is 2.40. The normalized spacial score (nSPS) is 10.9. The lowest BCUT2D eigenvalue weighted by Gasteiger charge is -2.15. The summed E-state index contributed by atoms with van der Waals surface area (Å²) in [5, 5.41) is 18.9. The van der Waals surface area contributed by atoms with Gasteiger partial charge in [0.15, 0.2) is 0 Å². The van der Waals surface area contributed by atoms with Crippen LogP contribution in [0.15, 0.2) is 97.1 Å². The summed E-state index contributed by atoms with van der Waals surface area (Å²) in [6.45, 7) is 2.10. The molecule has 2 nitrogen and oxygen atoms in total. The predicted molar refractivity (Wildman–Crippen MR) is 261 cm³/mol. The molecule has 0 saturated heterocycles. The number of halogens is 7. The Hall–Kier alpha value is -0.590. The summed E-state index contributed by atoms with van der Waals surface area (Å²) >= 11 is 16.8. The lowest BCUT2D eigenvalue weighted by Crippen LogP contribution is -1.96. The predicted octanol–water partition coefficient (Wildman–Crippen LogP) is 14.2. The summed E-state index contributed by atoms with van der Waals surface area (Å²) in [7, 11) is 0. The smallest absolute Gasteiger partial charge is 0.100 e. The molecule has 0 saturated carbocycles. The van der Waals surface area contributed by atoms with E-state index in [-0.39, 0.29) is 0 Å². The van der Waals surface area contributed by atoms with E-state index in [1.807, 2.05) is 12.1 Å². The Morgan fingerprint density at radius 1 is 0.388 bits per heavy atom. The van der Waals surface area contributed by atoms with Crippen LogP contribution in [-0.2, 0) is 6.42 Å². The van der Waals surface area contributed by atoms with E-state index in [1.54, 1.807) is 0 Å². The van der Waals surface area contributed by atoms with Gasteiger partial charge in [0.2, 0.25) is 0 Å². The van der Waals surface area contributed by atoms with Crippen LogP contribution in [0.1, 0.15) is 27.8 Å². The maximum Gasteiger partial charge on any atom is 0.100 e. The topological polar surface area (TPSA) is 47.6 Å². The SMILES string of the molecule is Cc1c(-c2ccc(-c3ccc(Cc4ccc(-c5ccc(-c6ccc(C#N)c(I)c6I)c(I)c5I)cc4)cc3)c(I)c2I)ccc(C#N)c1I. The van der Waals surface area contributed by atoms with Crippen molar-refractivity contribution in [3.63, 3.8) is 0 Å². The average molecular weight is 1420 g/mol. The second kappa shape index (κ2) is 16.6. The summed E-state index contributed by atoms with van der Waals surface area (Å²) in [6.07, 6.45) is 0.869. The van der Waals surface area contributed by atoms with E-state index in [2.05, 4.69) is 262 Å². The van der Waals surface area contributed by atoms with E-state index in [9.17, 15) is 10.5 Å². The third-order valence-electron chi connectivity index (χ3n) is 8.39. The van der Waals surface area contributed by atoms with Crippen LogP contribution in [0.3, 0.4) is 0 Å². The highest BCUT2D eigenvalue weighted by molar-refractivity contribution is 14.1. The van der Waals surface area contributed by atoms with E-state index >= 15 is 0 Å². The van der Waals surface area contributed by atoms with Crippen LogP contribution in [-0.4, -0.2) is 0 Å². The molecule has 0 bridgehead atoms. The van der Waals surface area contributed by atoms with Gasteiger partial charge in [0, 0.05) is 25.0 Å². The largest absolute Gasteiger partial charge is 0.192 e. The van der Waals surface area contributed by atoms with Gasteiger partial charge in [-0.1, -0.05) is 84.9 Å². The Labute approximate surface area is 382 Å².